The molecule has 0 aliphatic carbocycles. The molecule has 1 aromatic heterocycles. The van der Waals surface area contributed by atoms with Crippen molar-refractivity contribution in [3.8, 4) is 5.69 Å². The van der Waals surface area contributed by atoms with Crippen molar-refractivity contribution in [2.75, 3.05) is 37.6 Å². The maximum Gasteiger partial charge on any atom is 0.178 e. The molecule has 0 radical (unpaired) electrons. The molecule has 2 heterocycles. The molecule has 3 aromatic rings. The first-order valence-electron chi connectivity index (χ1n) is 10.1. The van der Waals surface area contributed by atoms with Crippen molar-refractivity contribution in [3.63, 3.8) is 0 Å². The van der Waals surface area contributed by atoms with E-state index in [1.165, 1.54) is 24.3 Å². The van der Waals surface area contributed by atoms with Crippen LogP contribution in [0, 0.1) is 25.5 Å². The van der Waals surface area contributed by atoms with Crippen LogP contribution in [0.2, 0.25) is 0 Å². The van der Waals surface area contributed by atoms with E-state index >= 15 is 0 Å². The molecule has 156 valence electrons. The summed E-state index contributed by atoms with van der Waals surface area (Å²) in [5.74, 6) is -0.426. The van der Waals surface area contributed by atoms with Gasteiger partial charge in [-0.1, -0.05) is 0 Å². The number of ketones is 1. The summed E-state index contributed by atoms with van der Waals surface area (Å²) in [7, 11) is 0. The number of carbonyl (C=O) groups excluding carboxylic acids is 1. The van der Waals surface area contributed by atoms with Crippen LogP contribution < -0.4 is 4.90 Å². The van der Waals surface area contributed by atoms with E-state index in [1.54, 1.807) is 24.3 Å². The third kappa shape index (κ3) is 4.14. The number of aromatic nitrogens is 1. The molecule has 1 saturated heterocycles. The highest BCUT2D eigenvalue weighted by molar-refractivity contribution is 5.99. The second-order valence-corrected chi connectivity index (χ2v) is 7.76. The summed E-state index contributed by atoms with van der Waals surface area (Å²) >= 11 is 0. The Morgan fingerprint density at radius 2 is 1.37 bits per heavy atom. The second kappa shape index (κ2) is 8.40. The van der Waals surface area contributed by atoms with Crippen LogP contribution in [0.1, 0.15) is 21.7 Å². The normalized spacial score (nSPS) is 14.9. The third-order valence-electron chi connectivity index (χ3n) is 5.75. The number of aryl methyl sites for hydroxylation is 1. The lowest BCUT2D eigenvalue weighted by molar-refractivity contribution is 0.0926. The summed E-state index contributed by atoms with van der Waals surface area (Å²) in [5.41, 5.74) is 4.37. The second-order valence-electron chi connectivity index (χ2n) is 7.76. The van der Waals surface area contributed by atoms with Gasteiger partial charge >= 0.3 is 0 Å². The molecule has 0 amide bonds. The fourth-order valence-electron chi connectivity index (χ4n) is 4.14. The van der Waals surface area contributed by atoms with Gasteiger partial charge in [-0.3, -0.25) is 9.69 Å². The Morgan fingerprint density at radius 1 is 0.833 bits per heavy atom. The van der Waals surface area contributed by atoms with E-state index < -0.39 is 0 Å². The van der Waals surface area contributed by atoms with E-state index in [9.17, 15) is 13.6 Å². The summed E-state index contributed by atoms with van der Waals surface area (Å²) < 4.78 is 28.4. The number of benzene rings is 2. The molecular weight excluding hydrogens is 384 g/mol. The first-order valence-corrected chi connectivity index (χ1v) is 10.1. The zero-order valence-electron chi connectivity index (χ0n) is 17.2. The van der Waals surface area contributed by atoms with E-state index in [1.807, 2.05) is 24.5 Å². The van der Waals surface area contributed by atoms with Gasteiger partial charge in [-0.2, -0.15) is 0 Å². The first-order chi connectivity index (χ1) is 14.4. The SMILES string of the molecule is Cc1cc(C(=O)CN2CCN(c3ccc(F)cc3)CC2)c(C)n1-c1ccc(F)cc1. The fraction of sp³-hybridized carbons (Fsp3) is 0.292. The molecule has 1 aliphatic rings. The smallest absolute Gasteiger partial charge is 0.178 e. The van der Waals surface area contributed by atoms with Gasteiger partial charge in [0.1, 0.15) is 11.6 Å². The van der Waals surface area contributed by atoms with Gasteiger partial charge in [0.25, 0.3) is 0 Å². The van der Waals surface area contributed by atoms with Gasteiger partial charge in [-0.25, -0.2) is 8.78 Å². The zero-order valence-corrected chi connectivity index (χ0v) is 17.2. The molecule has 0 bridgehead atoms. The number of hydrogen-bond acceptors (Lipinski definition) is 3. The van der Waals surface area contributed by atoms with Crippen LogP contribution in [0.25, 0.3) is 5.69 Å². The molecule has 0 saturated carbocycles. The molecule has 1 fully saturated rings. The standard InChI is InChI=1S/C24H25F2N3O/c1-17-15-23(18(2)29(17)22-9-5-20(26)6-10-22)24(30)16-27-11-13-28(14-12-27)21-7-3-19(25)4-8-21/h3-10,15H,11-14,16H2,1-2H3. The van der Waals surface area contributed by atoms with E-state index in [-0.39, 0.29) is 17.4 Å². The molecule has 4 rings (SSSR count). The first kappa shape index (κ1) is 20.3. The molecular formula is C24H25F2N3O. The van der Waals surface area contributed by atoms with Gasteiger partial charge in [0, 0.05) is 54.5 Å². The zero-order chi connectivity index (χ0) is 21.3. The molecule has 0 unspecified atom stereocenters. The molecule has 2 aromatic carbocycles. The third-order valence-corrected chi connectivity index (χ3v) is 5.75. The Bertz CT molecular complexity index is 1030. The number of hydrogen-bond donors (Lipinski definition) is 0. The highest BCUT2D eigenvalue weighted by Gasteiger charge is 2.22. The van der Waals surface area contributed by atoms with Crippen LogP contribution in [0.4, 0.5) is 14.5 Å². The summed E-state index contributed by atoms with van der Waals surface area (Å²) in [6.07, 6.45) is 0. The van der Waals surface area contributed by atoms with Crippen LogP contribution in [0.3, 0.4) is 0 Å². The number of halogens is 2. The predicted molar refractivity (Wildman–Crippen MR) is 115 cm³/mol. The van der Waals surface area contributed by atoms with Gasteiger partial charge in [-0.05, 0) is 68.4 Å². The maximum absolute atomic E-state index is 13.3. The van der Waals surface area contributed by atoms with Gasteiger partial charge in [0.05, 0.1) is 6.54 Å². The Balaban J connectivity index is 1.42. The van der Waals surface area contributed by atoms with Crippen LogP contribution in [-0.2, 0) is 0 Å². The summed E-state index contributed by atoms with van der Waals surface area (Å²) in [4.78, 5) is 17.4. The number of rotatable bonds is 5. The van der Waals surface area contributed by atoms with Crippen molar-refractivity contribution < 1.29 is 13.6 Å². The minimum atomic E-state index is -0.280. The topological polar surface area (TPSA) is 28.5 Å². The predicted octanol–water partition coefficient (Wildman–Crippen LogP) is 4.38. The Labute approximate surface area is 175 Å². The van der Waals surface area contributed by atoms with Gasteiger partial charge in [0.15, 0.2) is 5.78 Å². The highest BCUT2D eigenvalue weighted by atomic mass is 19.1. The van der Waals surface area contributed by atoms with E-state index in [4.69, 9.17) is 0 Å². The number of anilines is 1. The van der Waals surface area contributed by atoms with E-state index in [0.29, 0.717) is 12.1 Å². The average molecular weight is 409 g/mol. The summed E-state index contributed by atoms with van der Waals surface area (Å²) in [6, 6.07) is 14.7. The average Bonchev–Trinajstić information content (AvgIpc) is 3.04. The number of piperazine rings is 1. The Kier molecular flexibility index (Phi) is 5.68. The van der Waals surface area contributed by atoms with Crippen molar-refractivity contribution in [2.45, 2.75) is 13.8 Å². The highest BCUT2D eigenvalue weighted by Crippen LogP contribution is 2.22. The quantitative estimate of drug-likeness (QED) is 0.586. The van der Waals surface area contributed by atoms with Crippen molar-refractivity contribution in [2.24, 2.45) is 0 Å². The lowest BCUT2D eigenvalue weighted by Crippen LogP contribution is -2.48. The molecule has 0 spiro atoms. The maximum atomic E-state index is 13.3. The van der Waals surface area contributed by atoms with Crippen LogP contribution in [-0.4, -0.2) is 48.0 Å². The summed E-state index contributed by atoms with van der Waals surface area (Å²) in [6.45, 7) is 7.40. The fourth-order valence-corrected chi connectivity index (χ4v) is 4.14. The van der Waals surface area contributed by atoms with Crippen LogP contribution in [0.15, 0.2) is 54.6 Å². The Hall–Kier alpha value is -2.99. The molecule has 4 nitrogen and oxygen atoms in total. The monoisotopic (exact) mass is 409 g/mol. The summed E-state index contributed by atoms with van der Waals surface area (Å²) in [5, 5.41) is 0. The molecule has 0 N–H and O–H groups in total. The number of Topliss-reactive ketones (excluding diaryl/α,β-unsaturated/α-hetero) is 1. The van der Waals surface area contributed by atoms with Crippen LogP contribution >= 0.6 is 0 Å². The minimum Gasteiger partial charge on any atom is -0.369 e. The lowest BCUT2D eigenvalue weighted by Gasteiger charge is -2.35. The molecule has 30 heavy (non-hydrogen) atoms. The Morgan fingerprint density at radius 3 is 1.93 bits per heavy atom. The molecule has 6 heteroatoms. The largest absolute Gasteiger partial charge is 0.369 e. The van der Waals surface area contributed by atoms with Gasteiger partial charge in [-0.15, -0.1) is 0 Å². The lowest BCUT2D eigenvalue weighted by atomic mass is 10.1. The van der Waals surface area contributed by atoms with Crippen LogP contribution in [0.5, 0.6) is 0 Å². The number of carbonyl (C=O) groups is 1. The number of nitrogens with zero attached hydrogens (tertiary/aromatic N) is 3. The molecule has 1 aliphatic heterocycles. The minimum absolute atomic E-state index is 0.0895. The van der Waals surface area contributed by atoms with Gasteiger partial charge < -0.3 is 9.47 Å². The van der Waals surface area contributed by atoms with Crippen molar-refractivity contribution in [3.05, 3.63) is 83.2 Å². The molecule has 0 atom stereocenters. The van der Waals surface area contributed by atoms with Crippen molar-refractivity contribution >= 4 is 11.5 Å². The van der Waals surface area contributed by atoms with Gasteiger partial charge in [0.2, 0.25) is 0 Å². The van der Waals surface area contributed by atoms with E-state index in [0.717, 1.165) is 48.9 Å². The van der Waals surface area contributed by atoms with Crippen molar-refractivity contribution in [1.82, 2.24) is 9.47 Å². The van der Waals surface area contributed by atoms with Crippen molar-refractivity contribution in [1.29, 1.82) is 0 Å². The van der Waals surface area contributed by atoms with E-state index in [2.05, 4.69) is 9.80 Å².